The lowest BCUT2D eigenvalue weighted by Gasteiger charge is -2.39. The smallest absolute Gasteiger partial charge is 0.334 e. The largest absolute Gasteiger partial charge is 0.463 e. The average molecular weight is 251 g/mol. The average Bonchev–Trinajstić information content (AvgIpc) is 2.81. The Morgan fingerprint density at radius 3 is 2.39 bits per heavy atom. The molecule has 0 bridgehead atoms. The first-order chi connectivity index (χ1) is 8.65. The van der Waals surface area contributed by atoms with Gasteiger partial charge in [-0.25, -0.2) is 4.79 Å². The van der Waals surface area contributed by atoms with Crippen LogP contribution in [0, 0.1) is 5.41 Å². The van der Waals surface area contributed by atoms with Gasteiger partial charge in [0.15, 0.2) is 0 Å². The molecular weight excluding hydrogens is 226 g/mol. The summed E-state index contributed by atoms with van der Waals surface area (Å²) in [6.07, 6.45) is 8.25. The molecule has 0 unspecified atom stereocenters. The van der Waals surface area contributed by atoms with Gasteiger partial charge in [0, 0.05) is 12.1 Å². The maximum absolute atomic E-state index is 11.5. The minimum absolute atomic E-state index is 0.237. The highest BCUT2D eigenvalue weighted by atomic mass is 16.5. The molecule has 2 rings (SSSR count). The summed E-state index contributed by atoms with van der Waals surface area (Å²) in [5.41, 5.74) is 1.24. The third-order valence-corrected chi connectivity index (χ3v) is 4.56. The summed E-state index contributed by atoms with van der Waals surface area (Å²) in [6.45, 7) is 9.00. The van der Waals surface area contributed by atoms with E-state index in [1.165, 1.54) is 38.5 Å². The lowest BCUT2D eigenvalue weighted by molar-refractivity contribution is -0.138. The predicted molar refractivity (Wildman–Crippen MR) is 72.3 cm³/mol. The Hall–Kier alpha value is -0.830. The van der Waals surface area contributed by atoms with Gasteiger partial charge in [-0.3, -0.25) is 4.90 Å². The van der Waals surface area contributed by atoms with Crippen LogP contribution in [0.2, 0.25) is 0 Å². The standard InChI is InChI=1S/C15H25NO2/c1-3-18-14(17)13(2)12-16-10-8-15(9-11-16)6-4-5-7-15/h2-12H2,1H3. The van der Waals surface area contributed by atoms with Crippen LogP contribution < -0.4 is 0 Å². The number of ether oxygens (including phenoxy) is 1. The van der Waals surface area contributed by atoms with Gasteiger partial charge in [0.25, 0.3) is 0 Å². The van der Waals surface area contributed by atoms with E-state index in [4.69, 9.17) is 4.74 Å². The molecule has 18 heavy (non-hydrogen) atoms. The number of nitrogens with zero attached hydrogens (tertiary/aromatic N) is 1. The predicted octanol–water partition coefficient (Wildman–Crippen LogP) is 2.76. The van der Waals surface area contributed by atoms with Crippen LogP contribution in [0.15, 0.2) is 12.2 Å². The number of rotatable bonds is 4. The molecule has 0 N–H and O–H groups in total. The second kappa shape index (κ2) is 5.87. The molecule has 0 radical (unpaired) electrons. The van der Waals surface area contributed by atoms with Crippen molar-refractivity contribution in [3.05, 3.63) is 12.2 Å². The lowest BCUT2D eigenvalue weighted by Crippen LogP contribution is -2.40. The van der Waals surface area contributed by atoms with Crippen molar-refractivity contribution >= 4 is 5.97 Å². The van der Waals surface area contributed by atoms with Gasteiger partial charge >= 0.3 is 5.97 Å². The highest BCUT2D eigenvalue weighted by Crippen LogP contribution is 2.46. The molecule has 0 aromatic carbocycles. The van der Waals surface area contributed by atoms with Crippen molar-refractivity contribution in [3.8, 4) is 0 Å². The van der Waals surface area contributed by atoms with Gasteiger partial charge in [0.2, 0.25) is 0 Å². The van der Waals surface area contributed by atoms with E-state index in [9.17, 15) is 4.79 Å². The first-order valence-corrected chi connectivity index (χ1v) is 7.22. The summed E-state index contributed by atoms with van der Waals surface area (Å²) >= 11 is 0. The van der Waals surface area contributed by atoms with Crippen molar-refractivity contribution in [1.29, 1.82) is 0 Å². The van der Waals surface area contributed by atoms with E-state index in [0.29, 0.717) is 24.1 Å². The number of carbonyl (C=O) groups is 1. The lowest BCUT2D eigenvalue weighted by atomic mass is 9.77. The number of likely N-dealkylation sites (tertiary alicyclic amines) is 1. The van der Waals surface area contributed by atoms with Crippen LogP contribution in [0.5, 0.6) is 0 Å². The van der Waals surface area contributed by atoms with Gasteiger partial charge in [0.05, 0.1) is 6.61 Å². The van der Waals surface area contributed by atoms with E-state index < -0.39 is 0 Å². The first-order valence-electron chi connectivity index (χ1n) is 7.22. The third-order valence-electron chi connectivity index (χ3n) is 4.56. The summed E-state index contributed by atoms with van der Waals surface area (Å²) < 4.78 is 4.97. The second-order valence-corrected chi connectivity index (χ2v) is 5.81. The highest BCUT2D eigenvalue weighted by molar-refractivity contribution is 5.88. The molecule has 1 aliphatic heterocycles. The third kappa shape index (κ3) is 3.14. The van der Waals surface area contributed by atoms with Crippen molar-refractivity contribution in [1.82, 2.24) is 4.90 Å². The molecule has 1 saturated carbocycles. The van der Waals surface area contributed by atoms with E-state index in [-0.39, 0.29) is 5.97 Å². The van der Waals surface area contributed by atoms with E-state index in [1.54, 1.807) is 0 Å². The first kappa shape index (κ1) is 13.6. The summed E-state index contributed by atoms with van der Waals surface area (Å²) in [4.78, 5) is 13.9. The molecule has 2 fully saturated rings. The van der Waals surface area contributed by atoms with Crippen LogP contribution in [0.25, 0.3) is 0 Å². The van der Waals surface area contributed by atoms with E-state index in [2.05, 4.69) is 11.5 Å². The molecule has 0 aromatic rings. The molecule has 1 spiro atoms. The fourth-order valence-corrected chi connectivity index (χ4v) is 3.38. The highest BCUT2D eigenvalue weighted by Gasteiger charge is 2.36. The fraction of sp³-hybridized carbons (Fsp3) is 0.800. The van der Waals surface area contributed by atoms with Crippen molar-refractivity contribution < 1.29 is 9.53 Å². The molecule has 102 valence electrons. The van der Waals surface area contributed by atoms with E-state index >= 15 is 0 Å². The Labute approximate surface area is 110 Å². The normalized spacial score (nSPS) is 23.2. The Kier molecular flexibility index (Phi) is 4.44. The SMILES string of the molecule is C=C(CN1CCC2(CCCC2)CC1)C(=O)OCC. The molecule has 0 aromatic heterocycles. The quantitative estimate of drug-likeness (QED) is 0.568. The van der Waals surface area contributed by atoms with Crippen LogP contribution in [0.4, 0.5) is 0 Å². The van der Waals surface area contributed by atoms with E-state index in [1.807, 2.05) is 6.92 Å². The maximum atomic E-state index is 11.5. The minimum Gasteiger partial charge on any atom is -0.463 e. The molecular formula is C15H25NO2. The van der Waals surface area contributed by atoms with Crippen LogP contribution in [0.1, 0.15) is 45.4 Å². The summed E-state index contributed by atoms with van der Waals surface area (Å²) in [7, 11) is 0. The zero-order valence-electron chi connectivity index (χ0n) is 11.5. The fourth-order valence-electron chi connectivity index (χ4n) is 3.38. The molecule has 1 heterocycles. The van der Waals surface area contributed by atoms with Crippen LogP contribution in [0.3, 0.4) is 0 Å². The van der Waals surface area contributed by atoms with Gasteiger partial charge in [-0.05, 0) is 51.1 Å². The Bertz CT molecular complexity index is 308. The van der Waals surface area contributed by atoms with Crippen molar-refractivity contribution in [2.45, 2.75) is 45.4 Å². The topological polar surface area (TPSA) is 29.5 Å². The molecule has 3 heteroatoms. The number of piperidine rings is 1. The summed E-state index contributed by atoms with van der Waals surface area (Å²) in [5, 5.41) is 0. The number of carbonyl (C=O) groups excluding carboxylic acids is 1. The number of hydrogen-bond donors (Lipinski definition) is 0. The zero-order chi connectivity index (χ0) is 13.0. The Morgan fingerprint density at radius 2 is 1.83 bits per heavy atom. The molecule has 1 aliphatic carbocycles. The molecule has 2 aliphatic rings. The second-order valence-electron chi connectivity index (χ2n) is 5.81. The zero-order valence-corrected chi connectivity index (χ0v) is 11.5. The van der Waals surface area contributed by atoms with Crippen molar-refractivity contribution in [2.75, 3.05) is 26.2 Å². The summed E-state index contributed by atoms with van der Waals surface area (Å²) in [5.74, 6) is -0.237. The van der Waals surface area contributed by atoms with Gasteiger partial charge < -0.3 is 4.74 Å². The van der Waals surface area contributed by atoms with Crippen molar-refractivity contribution in [2.24, 2.45) is 5.41 Å². The number of esters is 1. The van der Waals surface area contributed by atoms with Gasteiger partial charge in [-0.2, -0.15) is 0 Å². The number of hydrogen-bond acceptors (Lipinski definition) is 3. The van der Waals surface area contributed by atoms with E-state index in [0.717, 1.165) is 13.1 Å². The minimum atomic E-state index is -0.237. The molecule has 0 amide bonds. The summed E-state index contributed by atoms with van der Waals surface area (Å²) in [6, 6.07) is 0. The van der Waals surface area contributed by atoms with Crippen LogP contribution in [-0.2, 0) is 9.53 Å². The molecule has 1 saturated heterocycles. The van der Waals surface area contributed by atoms with Gasteiger partial charge in [0.1, 0.15) is 0 Å². The monoisotopic (exact) mass is 251 g/mol. The van der Waals surface area contributed by atoms with Crippen LogP contribution >= 0.6 is 0 Å². The molecule has 0 atom stereocenters. The Balaban J connectivity index is 1.76. The van der Waals surface area contributed by atoms with Crippen LogP contribution in [-0.4, -0.2) is 37.1 Å². The maximum Gasteiger partial charge on any atom is 0.334 e. The van der Waals surface area contributed by atoms with Gasteiger partial charge in [-0.15, -0.1) is 0 Å². The molecule has 3 nitrogen and oxygen atoms in total. The Morgan fingerprint density at radius 1 is 1.22 bits per heavy atom. The van der Waals surface area contributed by atoms with Gasteiger partial charge in [-0.1, -0.05) is 19.4 Å². The van der Waals surface area contributed by atoms with Crippen molar-refractivity contribution in [3.63, 3.8) is 0 Å².